The third kappa shape index (κ3) is 1.69. The smallest absolute Gasteiger partial charge is 0.268 e. The predicted octanol–water partition coefficient (Wildman–Crippen LogP) is 2.79. The van der Waals surface area contributed by atoms with Gasteiger partial charge in [0.2, 0.25) is 0 Å². The number of aryl methyl sites for hydroxylation is 2. The van der Waals surface area contributed by atoms with Crippen molar-refractivity contribution >= 4 is 11.3 Å². The van der Waals surface area contributed by atoms with Crippen molar-refractivity contribution in [2.45, 2.75) is 31.6 Å². The summed E-state index contributed by atoms with van der Waals surface area (Å²) >= 11 is 1.80. The summed E-state index contributed by atoms with van der Waals surface area (Å²) in [5, 5.41) is 4.10. The number of thiophene rings is 1. The van der Waals surface area contributed by atoms with Crippen LogP contribution in [0.1, 0.15) is 35.0 Å². The molecule has 5 heteroatoms. The van der Waals surface area contributed by atoms with E-state index in [0.717, 1.165) is 30.3 Å². The van der Waals surface area contributed by atoms with Crippen LogP contribution in [0.25, 0.3) is 10.8 Å². The Morgan fingerprint density at radius 3 is 3.17 bits per heavy atom. The molecule has 1 saturated heterocycles. The van der Waals surface area contributed by atoms with Crippen molar-refractivity contribution in [3.63, 3.8) is 0 Å². The van der Waals surface area contributed by atoms with E-state index < -0.39 is 0 Å². The van der Waals surface area contributed by atoms with Crippen molar-refractivity contribution in [2.24, 2.45) is 0 Å². The third-order valence-electron chi connectivity index (χ3n) is 3.69. The van der Waals surface area contributed by atoms with E-state index in [1.54, 1.807) is 11.3 Å². The molecule has 1 unspecified atom stereocenters. The molecule has 0 aromatic carbocycles. The van der Waals surface area contributed by atoms with Gasteiger partial charge in [0.1, 0.15) is 0 Å². The first kappa shape index (κ1) is 10.7. The van der Waals surface area contributed by atoms with Gasteiger partial charge in [-0.3, -0.25) is 0 Å². The van der Waals surface area contributed by atoms with E-state index >= 15 is 0 Å². The summed E-state index contributed by atoms with van der Waals surface area (Å²) in [6.07, 6.45) is 4.69. The molecule has 0 amide bonds. The Labute approximate surface area is 109 Å². The molecule has 0 bridgehead atoms. The average molecular weight is 262 g/mol. The molecular formula is C13H14N2O2S. The molecule has 2 aromatic rings. The fourth-order valence-electron chi connectivity index (χ4n) is 2.67. The van der Waals surface area contributed by atoms with E-state index in [1.807, 2.05) is 0 Å². The molecule has 3 heterocycles. The lowest BCUT2D eigenvalue weighted by Gasteiger charge is -1.97. The monoisotopic (exact) mass is 262 g/mol. The first-order valence-electron chi connectivity index (χ1n) is 6.43. The van der Waals surface area contributed by atoms with Crippen molar-refractivity contribution in [1.82, 2.24) is 10.1 Å². The fraction of sp³-hybridized carbons (Fsp3) is 0.538. The van der Waals surface area contributed by atoms with Crippen molar-refractivity contribution in [2.75, 3.05) is 13.2 Å². The Morgan fingerprint density at radius 2 is 2.33 bits per heavy atom. The van der Waals surface area contributed by atoms with Crippen molar-refractivity contribution in [3.05, 3.63) is 22.3 Å². The molecule has 0 N–H and O–H groups in total. The zero-order chi connectivity index (χ0) is 11.9. The van der Waals surface area contributed by atoms with Crippen LogP contribution in [-0.4, -0.2) is 23.4 Å². The largest absolute Gasteiger partial charge is 0.381 e. The molecule has 18 heavy (non-hydrogen) atoms. The number of aromatic nitrogens is 2. The lowest BCUT2D eigenvalue weighted by atomic mass is 10.1. The fourth-order valence-corrected chi connectivity index (χ4v) is 3.85. The van der Waals surface area contributed by atoms with E-state index in [9.17, 15) is 0 Å². The van der Waals surface area contributed by atoms with Gasteiger partial charge in [-0.05, 0) is 37.3 Å². The molecule has 94 valence electrons. The van der Waals surface area contributed by atoms with Crippen LogP contribution in [0.4, 0.5) is 0 Å². The van der Waals surface area contributed by atoms with Gasteiger partial charge in [0.15, 0.2) is 5.82 Å². The Bertz CT molecular complexity index is 548. The highest BCUT2D eigenvalue weighted by atomic mass is 32.1. The normalized spacial score (nSPS) is 22.6. The van der Waals surface area contributed by atoms with E-state index in [2.05, 4.69) is 16.2 Å². The van der Waals surface area contributed by atoms with E-state index in [1.165, 1.54) is 29.7 Å². The number of hydrogen-bond acceptors (Lipinski definition) is 5. The molecule has 0 saturated carbocycles. The predicted molar refractivity (Wildman–Crippen MR) is 67.8 cm³/mol. The molecule has 0 radical (unpaired) electrons. The maximum absolute atomic E-state index is 5.39. The topological polar surface area (TPSA) is 48.2 Å². The molecular weight excluding hydrogens is 248 g/mol. The number of fused-ring (bicyclic) bond motifs is 1. The molecule has 1 aliphatic carbocycles. The minimum Gasteiger partial charge on any atom is -0.381 e. The van der Waals surface area contributed by atoms with Crippen molar-refractivity contribution < 1.29 is 9.26 Å². The summed E-state index contributed by atoms with van der Waals surface area (Å²) in [6.45, 7) is 1.53. The lowest BCUT2D eigenvalue weighted by Crippen LogP contribution is -1.99. The van der Waals surface area contributed by atoms with Crippen LogP contribution in [-0.2, 0) is 17.6 Å². The van der Waals surface area contributed by atoms with Gasteiger partial charge in [-0.1, -0.05) is 5.16 Å². The highest BCUT2D eigenvalue weighted by Crippen LogP contribution is 2.36. The first-order valence-corrected chi connectivity index (χ1v) is 7.25. The molecule has 0 spiro atoms. The van der Waals surface area contributed by atoms with E-state index in [-0.39, 0.29) is 0 Å². The van der Waals surface area contributed by atoms with Gasteiger partial charge in [0.25, 0.3) is 5.89 Å². The van der Waals surface area contributed by atoms with Crippen LogP contribution in [0, 0.1) is 0 Å². The highest BCUT2D eigenvalue weighted by molar-refractivity contribution is 7.15. The zero-order valence-electron chi connectivity index (χ0n) is 10.0. The Hall–Kier alpha value is -1.20. The van der Waals surface area contributed by atoms with Crippen LogP contribution in [0.2, 0.25) is 0 Å². The Balaban J connectivity index is 1.63. The molecule has 2 aromatic heterocycles. The van der Waals surface area contributed by atoms with Crippen molar-refractivity contribution in [3.8, 4) is 10.8 Å². The molecule has 1 fully saturated rings. The molecule has 1 aliphatic heterocycles. The van der Waals surface area contributed by atoms with E-state index in [0.29, 0.717) is 11.8 Å². The van der Waals surface area contributed by atoms with E-state index in [4.69, 9.17) is 9.26 Å². The van der Waals surface area contributed by atoms with Crippen LogP contribution in [0.15, 0.2) is 10.6 Å². The number of ether oxygens (including phenoxy) is 1. The van der Waals surface area contributed by atoms with Crippen LogP contribution < -0.4 is 0 Å². The maximum atomic E-state index is 5.39. The second-order valence-corrected chi connectivity index (χ2v) is 6.07. The van der Waals surface area contributed by atoms with Crippen LogP contribution >= 0.6 is 11.3 Å². The van der Waals surface area contributed by atoms with Crippen molar-refractivity contribution in [1.29, 1.82) is 0 Å². The minimum atomic E-state index is 0.314. The quantitative estimate of drug-likeness (QED) is 0.835. The highest BCUT2D eigenvalue weighted by Gasteiger charge is 2.24. The summed E-state index contributed by atoms with van der Waals surface area (Å²) < 4.78 is 10.8. The van der Waals surface area contributed by atoms with Gasteiger partial charge < -0.3 is 9.26 Å². The number of nitrogens with zero attached hydrogens (tertiary/aromatic N) is 2. The summed E-state index contributed by atoms with van der Waals surface area (Å²) in [6, 6.07) is 2.22. The average Bonchev–Trinajstić information content (AvgIpc) is 3.13. The summed E-state index contributed by atoms with van der Waals surface area (Å²) in [7, 11) is 0. The zero-order valence-corrected chi connectivity index (χ0v) is 10.8. The van der Waals surface area contributed by atoms with Gasteiger partial charge in [0.05, 0.1) is 11.5 Å². The Kier molecular flexibility index (Phi) is 2.48. The SMILES string of the molecule is c1c(-c2nc(C3CCOC3)no2)sc2c1CCC2. The minimum absolute atomic E-state index is 0.314. The number of rotatable bonds is 2. The third-order valence-corrected chi connectivity index (χ3v) is 4.92. The van der Waals surface area contributed by atoms with Gasteiger partial charge in [0, 0.05) is 17.4 Å². The van der Waals surface area contributed by atoms with Crippen LogP contribution in [0.3, 0.4) is 0 Å². The van der Waals surface area contributed by atoms with Gasteiger partial charge >= 0.3 is 0 Å². The maximum Gasteiger partial charge on any atom is 0.268 e. The molecule has 2 aliphatic rings. The first-order chi connectivity index (χ1) is 8.90. The van der Waals surface area contributed by atoms with Gasteiger partial charge in [-0.15, -0.1) is 11.3 Å². The number of hydrogen-bond donors (Lipinski definition) is 0. The summed E-state index contributed by atoms with van der Waals surface area (Å²) in [5.41, 5.74) is 1.47. The van der Waals surface area contributed by atoms with Crippen LogP contribution in [0.5, 0.6) is 0 Å². The second-order valence-electron chi connectivity index (χ2n) is 4.93. The lowest BCUT2D eigenvalue weighted by molar-refractivity contribution is 0.192. The standard InChI is InChI=1S/C13H14N2O2S/c1-2-8-6-11(18-10(8)3-1)13-14-12(15-17-13)9-4-5-16-7-9/h6,9H,1-5,7H2. The van der Waals surface area contributed by atoms with Gasteiger partial charge in [-0.2, -0.15) is 4.98 Å². The molecule has 4 nitrogen and oxygen atoms in total. The molecule has 4 rings (SSSR count). The summed E-state index contributed by atoms with van der Waals surface area (Å²) in [4.78, 5) is 7.14. The summed E-state index contributed by atoms with van der Waals surface area (Å²) in [5.74, 6) is 1.79. The molecule has 1 atom stereocenters. The second kappa shape index (κ2) is 4.17. The van der Waals surface area contributed by atoms with Gasteiger partial charge in [-0.25, -0.2) is 0 Å². The Morgan fingerprint density at radius 1 is 1.33 bits per heavy atom.